The van der Waals surface area contributed by atoms with Gasteiger partial charge >= 0.3 is 0 Å². The van der Waals surface area contributed by atoms with E-state index in [0.717, 1.165) is 12.2 Å². The summed E-state index contributed by atoms with van der Waals surface area (Å²) in [5.41, 5.74) is 0.0806. The molecule has 0 spiro atoms. The highest BCUT2D eigenvalue weighted by molar-refractivity contribution is 5.44. The molecule has 0 fully saturated rings. The lowest BCUT2D eigenvalue weighted by Gasteiger charge is -1.88. The van der Waals surface area contributed by atoms with E-state index in [0.29, 0.717) is 5.76 Å². The normalized spacial score (nSPS) is 11.7. The largest absolute Gasteiger partial charge is 0.461 e. The minimum Gasteiger partial charge on any atom is -0.461 e. The molecular weight excluding hydrogens is 170 g/mol. The van der Waals surface area contributed by atoms with E-state index in [4.69, 9.17) is 4.42 Å². The van der Waals surface area contributed by atoms with Crippen molar-refractivity contribution in [1.29, 1.82) is 0 Å². The van der Waals surface area contributed by atoms with E-state index in [9.17, 15) is 10.1 Å². The van der Waals surface area contributed by atoms with Gasteiger partial charge in [0.2, 0.25) is 5.70 Å². The highest BCUT2D eigenvalue weighted by Gasteiger charge is 2.04. The molecular formula is C9H11NO3. The maximum atomic E-state index is 10.3. The monoisotopic (exact) mass is 181 g/mol. The Morgan fingerprint density at radius 2 is 2.38 bits per heavy atom. The van der Waals surface area contributed by atoms with E-state index in [-0.39, 0.29) is 5.70 Å². The fourth-order valence-electron chi connectivity index (χ4n) is 0.921. The quantitative estimate of drug-likeness (QED) is 0.531. The van der Waals surface area contributed by atoms with Crippen LogP contribution in [0.1, 0.15) is 25.4 Å². The molecule has 0 atom stereocenters. The first kappa shape index (κ1) is 9.51. The van der Waals surface area contributed by atoms with Crippen molar-refractivity contribution in [2.24, 2.45) is 0 Å². The Morgan fingerprint density at radius 1 is 1.69 bits per heavy atom. The zero-order chi connectivity index (χ0) is 9.84. The first-order valence-electron chi connectivity index (χ1n) is 4.05. The molecule has 0 bridgehead atoms. The summed E-state index contributed by atoms with van der Waals surface area (Å²) in [6.45, 7) is 3.40. The second-order valence-electron chi connectivity index (χ2n) is 2.70. The second kappa shape index (κ2) is 3.89. The van der Waals surface area contributed by atoms with Gasteiger partial charge in [0.15, 0.2) is 0 Å². The average Bonchev–Trinajstić information content (AvgIpc) is 2.52. The summed E-state index contributed by atoms with van der Waals surface area (Å²) in [6, 6.07) is 3.55. The summed E-state index contributed by atoms with van der Waals surface area (Å²) < 4.78 is 5.27. The lowest BCUT2D eigenvalue weighted by molar-refractivity contribution is -0.422. The molecule has 0 saturated carbocycles. The van der Waals surface area contributed by atoms with Crippen LogP contribution in [0.4, 0.5) is 0 Å². The van der Waals surface area contributed by atoms with Gasteiger partial charge in [0.25, 0.3) is 0 Å². The molecule has 70 valence electrons. The van der Waals surface area contributed by atoms with E-state index in [1.807, 2.05) is 13.0 Å². The lowest BCUT2D eigenvalue weighted by Crippen LogP contribution is -1.92. The molecule has 1 aromatic rings. The van der Waals surface area contributed by atoms with Crippen molar-refractivity contribution in [3.05, 3.63) is 39.5 Å². The molecule has 13 heavy (non-hydrogen) atoms. The third-order valence-corrected chi connectivity index (χ3v) is 1.67. The SMILES string of the molecule is CCc1ccc(C=C(C)[N+](=O)[O-])o1. The zero-order valence-electron chi connectivity index (χ0n) is 7.61. The van der Waals surface area contributed by atoms with Gasteiger partial charge in [-0.2, -0.15) is 0 Å². The predicted molar refractivity (Wildman–Crippen MR) is 48.7 cm³/mol. The number of rotatable bonds is 3. The molecule has 0 radical (unpaired) electrons. The Balaban J connectivity index is 2.84. The van der Waals surface area contributed by atoms with E-state index >= 15 is 0 Å². The van der Waals surface area contributed by atoms with Crippen LogP contribution in [0, 0.1) is 10.1 Å². The van der Waals surface area contributed by atoms with E-state index < -0.39 is 4.92 Å². The predicted octanol–water partition coefficient (Wildman–Crippen LogP) is 2.48. The van der Waals surface area contributed by atoms with Crippen molar-refractivity contribution in [2.45, 2.75) is 20.3 Å². The standard InChI is InChI=1S/C9H11NO3/c1-3-8-4-5-9(13-8)6-7(2)10(11)12/h4-6H,3H2,1-2H3. The van der Waals surface area contributed by atoms with Crippen LogP contribution in [0.5, 0.6) is 0 Å². The van der Waals surface area contributed by atoms with Gasteiger partial charge in [-0.1, -0.05) is 6.92 Å². The number of nitrogens with zero attached hydrogens (tertiary/aromatic N) is 1. The molecule has 1 rings (SSSR count). The van der Waals surface area contributed by atoms with Gasteiger partial charge < -0.3 is 4.42 Å². The van der Waals surface area contributed by atoms with Crippen molar-refractivity contribution in [2.75, 3.05) is 0 Å². The van der Waals surface area contributed by atoms with Crippen LogP contribution >= 0.6 is 0 Å². The van der Waals surface area contributed by atoms with Gasteiger partial charge in [0, 0.05) is 13.3 Å². The first-order valence-corrected chi connectivity index (χ1v) is 4.05. The zero-order valence-corrected chi connectivity index (χ0v) is 7.61. The van der Waals surface area contributed by atoms with Crippen molar-refractivity contribution in [3.63, 3.8) is 0 Å². The van der Waals surface area contributed by atoms with Gasteiger partial charge in [0.05, 0.1) is 11.0 Å². The molecule has 1 aromatic heterocycles. The van der Waals surface area contributed by atoms with E-state index in [1.165, 1.54) is 13.0 Å². The van der Waals surface area contributed by atoms with Crippen molar-refractivity contribution in [3.8, 4) is 0 Å². The minimum atomic E-state index is -0.436. The van der Waals surface area contributed by atoms with Crippen molar-refractivity contribution in [1.82, 2.24) is 0 Å². The van der Waals surface area contributed by atoms with Crippen LogP contribution in [-0.4, -0.2) is 4.92 Å². The summed E-state index contributed by atoms with van der Waals surface area (Å²) >= 11 is 0. The molecule has 1 heterocycles. The third kappa shape index (κ3) is 2.43. The molecule has 0 aromatic carbocycles. The molecule has 4 heteroatoms. The van der Waals surface area contributed by atoms with Gasteiger partial charge in [-0.15, -0.1) is 0 Å². The van der Waals surface area contributed by atoms with E-state index in [1.54, 1.807) is 6.07 Å². The van der Waals surface area contributed by atoms with Gasteiger partial charge in [-0.3, -0.25) is 10.1 Å². The fraction of sp³-hybridized carbons (Fsp3) is 0.333. The maximum Gasteiger partial charge on any atom is 0.246 e. The second-order valence-corrected chi connectivity index (χ2v) is 2.70. The van der Waals surface area contributed by atoms with Crippen LogP contribution in [0.15, 0.2) is 22.2 Å². The molecule has 4 nitrogen and oxygen atoms in total. The average molecular weight is 181 g/mol. The molecule has 0 saturated heterocycles. The van der Waals surface area contributed by atoms with Crippen LogP contribution in [0.2, 0.25) is 0 Å². The maximum absolute atomic E-state index is 10.3. The number of aryl methyl sites for hydroxylation is 1. The summed E-state index contributed by atoms with van der Waals surface area (Å²) in [5, 5.41) is 10.3. The number of furan rings is 1. The number of hydrogen-bond acceptors (Lipinski definition) is 3. The number of hydrogen-bond donors (Lipinski definition) is 0. The molecule has 0 aliphatic rings. The van der Waals surface area contributed by atoms with Crippen LogP contribution in [0.25, 0.3) is 6.08 Å². The highest BCUT2D eigenvalue weighted by atomic mass is 16.6. The van der Waals surface area contributed by atoms with Gasteiger partial charge in [-0.05, 0) is 12.1 Å². The Hall–Kier alpha value is -1.58. The molecule has 0 amide bonds. The van der Waals surface area contributed by atoms with Gasteiger partial charge in [-0.25, -0.2) is 0 Å². The Morgan fingerprint density at radius 3 is 2.85 bits per heavy atom. The summed E-state index contributed by atoms with van der Waals surface area (Å²) in [7, 11) is 0. The summed E-state index contributed by atoms with van der Waals surface area (Å²) in [4.78, 5) is 9.84. The minimum absolute atomic E-state index is 0.0806. The summed E-state index contributed by atoms with van der Waals surface area (Å²) in [5.74, 6) is 1.37. The van der Waals surface area contributed by atoms with E-state index in [2.05, 4.69) is 0 Å². The Kier molecular flexibility index (Phi) is 2.84. The molecule has 0 aliphatic carbocycles. The highest BCUT2D eigenvalue weighted by Crippen LogP contribution is 2.12. The molecule has 0 N–H and O–H groups in total. The van der Waals surface area contributed by atoms with Crippen LogP contribution in [-0.2, 0) is 6.42 Å². The summed E-state index contributed by atoms with van der Waals surface area (Å²) in [6.07, 6.45) is 2.21. The Labute approximate surface area is 76.0 Å². The van der Waals surface area contributed by atoms with Crippen molar-refractivity contribution >= 4 is 6.08 Å². The third-order valence-electron chi connectivity index (χ3n) is 1.67. The fourth-order valence-corrected chi connectivity index (χ4v) is 0.921. The Bertz CT molecular complexity index is 338. The number of allylic oxidation sites excluding steroid dienone is 1. The first-order chi connectivity index (χ1) is 6.13. The van der Waals surface area contributed by atoms with Crippen LogP contribution < -0.4 is 0 Å². The number of nitro groups is 1. The smallest absolute Gasteiger partial charge is 0.246 e. The topological polar surface area (TPSA) is 56.3 Å². The van der Waals surface area contributed by atoms with Gasteiger partial charge in [0.1, 0.15) is 11.5 Å². The van der Waals surface area contributed by atoms with Crippen molar-refractivity contribution < 1.29 is 9.34 Å². The lowest BCUT2D eigenvalue weighted by atomic mass is 10.3. The molecule has 0 aliphatic heterocycles. The molecule has 0 unspecified atom stereocenters. The van der Waals surface area contributed by atoms with Crippen LogP contribution in [0.3, 0.4) is 0 Å².